The number of rotatable bonds is 1. The highest BCUT2D eigenvalue weighted by Crippen LogP contribution is 2.35. The largest absolute Gasteiger partial charge is 0.459 e. The van der Waals surface area contributed by atoms with Crippen LogP contribution in [0.25, 0.3) is 11.0 Å². The van der Waals surface area contributed by atoms with Gasteiger partial charge in [-0.25, -0.2) is 4.39 Å². The quantitative estimate of drug-likeness (QED) is 0.802. The van der Waals surface area contributed by atoms with E-state index in [1.54, 1.807) is 6.07 Å². The lowest BCUT2D eigenvalue weighted by atomic mass is 9.85. The SMILES string of the molecule is CC(C)(C)c1c(CN)oc2ccc(F)cc12. The topological polar surface area (TPSA) is 39.2 Å². The summed E-state index contributed by atoms with van der Waals surface area (Å²) in [5, 5.41) is 0.827. The average Bonchev–Trinajstić information content (AvgIpc) is 2.54. The maximum Gasteiger partial charge on any atom is 0.134 e. The normalized spacial score (nSPS) is 12.3. The molecular formula is C13H16FNO. The van der Waals surface area contributed by atoms with E-state index in [0.717, 1.165) is 16.7 Å². The van der Waals surface area contributed by atoms with Gasteiger partial charge < -0.3 is 10.2 Å². The number of hydrogen-bond acceptors (Lipinski definition) is 2. The van der Waals surface area contributed by atoms with Crippen LogP contribution in [-0.4, -0.2) is 0 Å². The number of nitrogens with two attached hydrogens (primary N) is 1. The Morgan fingerprint density at radius 1 is 1.31 bits per heavy atom. The highest BCUT2D eigenvalue weighted by molar-refractivity contribution is 5.83. The van der Waals surface area contributed by atoms with Gasteiger partial charge in [-0.2, -0.15) is 0 Å². The van der Waals surface area contributed by atoms with Crippen LogP contribution >= 0.6 is 0 Å². The number of halogens is 1. The van der Waals surface area contributed by atoms with Gasteiger partial charge in [0.25, 0.3) is 0 Å². The lowest BCUT2D eigenvalue weighted by Gasteiger charge is -2.18. The Morgan fingerprint density at radius 3 is 2.56 bits per heavy atom. The molecule has 0 amide bonds. The Balaban J connectivity index is 2.81. The summed E-state index contributed by atoms with van der Waals surface area (Å²) in [4.78, 5) is 0. The first-order valence-electron chi connectivity index (χ1n) is 5.35. The van der Waals surface area contributed by atoms with E-state index in [4.69, 9.17) is 10.2 Å². The molecule has 1 aromatic carbocycles. The maximum absolute atomic E-state index is 13.2. The van der Waals surface area contributed by atoms with Crippen LogP contribution in [0.1, 0.15) is 32.1 Å². The van der Waals surface area contributed by atoms with Gasteiger partial charge in [0, 0.05) is 10.9 Å². The van der Waals surface area contributed by atoms with Crippen molar-refractivity contribution in [2.45, 2.75) is 32.7 Å². The fourth-order valence-corrected chi connectivity index (χ4v) is 2.09. The minimum Gasteiger partial charge on any atom is -0.459 e. The van der Waals surface area contributed by atoms with Crippen molar-refractivity contribution in [3.8, 4) is 0 Å². The van der Waals surface area contributed by atoms with E-state index in [-0.39, 0.29) is 11.2 Å². The molecule has 0 aliphatic heterocycles. The first kappa shape index (κ1) is 11.1. The maximum atomic E-state index is 13.2. The summed E-state index contributed by atoms with van der Waals surface area (Å²) < 4.78 is 18.9. The molecule has 2 rings (SSSR count). The van der Waals surface area contributed by atoms with E-state index >= 15 is 0 Å². The molecule has 0 atom stereocenters. The molecule has 0 radical (unpaired) electrons. The molecule has 1 aromatic heterocycles. The van der Waals surface area contributed by atoms with Crippen molar-refractivity contribution in [1.82, 2.24) is 0 Å². The second kappa shape index (κ2) is 3.59. The smallest absolute Gasteiger partial charge is 0.134 e. The van der Waals surface area contributed by atoms with Gasteiger partial charge in [-0.1, -0.05) is 20.8 Å². The number of benzene rings is 1. The summed E-state index contributed by atoms with van der Waals surface area (Å²) in [6, 6.07) is 4.57. The average molecular weight is 221 g/mol. The molecule has 0 fully saturated rings. The van der Waals surface area contributed by atoms with Crippen LogP contribution in [0.3, 0.4) is 0 Å². The molecule has 86 valence electrons. The third-order valence-corrected chi connectivity index (χ3v) is 2.66. The second-order valence-electron chi connectivity index (χ2n) is 4.99. The predicted molar refractivity (Wildman–Crippen MR) is 62.8 cm³/mol. The zero-order valence-electron chi connectivity index (χ0n) is 9.80. The zero-order chi connectivity index (χ0) is 11.9. The van der Waals surface area contributed by atoms with Gasteiger partial charge in [0.2, 0.25) is 0 Å². The fraction of sp³-hybridized carbons (Fsp3) is 0.385. The van der Waals surface area contributed by atoms with E-state index in [9.17, 15) is 4.39 Å². The Kier molecular flexibility index (Phi) is 2.50. The van der Waals surface area contributed by atoms with Crippen molar-refractivity contribution in [2.24, 2.45) is 5.73 Å². The van der Waals surface area contributed by atoms with Gasteiger partial charge >= 0.3 is 0 Å². The Hall–Kier alpha value is -1.35. The highest BCUT2D eigenvalue weighted by atomic mass is 19.1. The van der Waals surface area contributed by atoms with Crippen molar-refractivity contribution in [3.05, 3.63) is 35.3 Å². The molecular weight excluding hydrogens is 205 g/mol. The van der Waals surface area contributed by atoms with Crippen LogP contribution < -0.4 is 5.73 Å². The van der Waals surface area contributed by atoms with Crippen molar-refractivity contribution in [3.63, 3.8) is 0 Å². The summed E-state index contributed by atoms with van der Waals surface area (Å²) in [7, 11) is 0. The van der Waals surface area contributed by atoms with Crippen LogP contribution in [0, 0.1) is 5.82 Å². The molecule has 0 unspecified atom stereocenters. The monoisotopic (exact) mass is 221 g/mol. The van der Waals surface area contributed by atoms with Crippen molar-refractivity contribution in [1.29, 1.82) is 0 Å². The predicted octanol–water partition coefficient (Wildman–Crippen LogP) is 3.33. The molecule has 1 heterocycles. The first-order chi connectivity index (χ1) is 7.43. The van der Waals surface area contributed by atoms with Gasteiger partial charge in [0.15, 0.2) is 0 Å². The first-order valence-corrected chi connectivity index (χ1v) is 5.35. The standard InChI is InChI=1S/C13H16FNO/c1-13(2,3)12-9-6-8(14)4-5-10(9)16-11(12)7-15/h4-6H,7,15H2,1-3H3. The lowest BCUT2D eigenvalue weighted by molar-refractivity contribution is 0.511. The van der Waals surface area contributed by atoms with Crippen molar-refractivity contribution < 1.29 is 8.81 Å². The molecule has 0 aliphatic carbocycles. The van der Waals surface area contributed by atoms with Crippen LogP contribution in [0.4, 0.5) is 4.39 Å². The van der Waals surface area contributed by atoms with E-state index in [1.165, 1.54) is 12.1 Å². The molecule has 0 saturated heterocycles. The van der Waals surface area contributed by atoms with E-state index < -0.39 is 0 Å². The number of furan rings is 1. The Bertz CT molecular complexity index is 522. The van der Waals surface area contributed by atoms with Crippen molar-refractivity contribution in [2.75, 3.05) is 0 Å². The van der Waals surface area contributed by atoms with E-state index in [1.807, 2.05) is 0 Å². The summed E-state index contributed by atoms with van der Waals surface area (Å²) in [5.74, 6) is 0.496. The van der Waals surface area contributed by atoms with Gasteiger partial charge in [0.05, 0.1) is 6.54 Å². The van der Waals surface area contributed by atoms with Crippen LogP contribution in [0.15, 0.2) is 22.6 Å². The summed E-state index contributed by atoms with van der Waals surface area (Å²) in [5.41, 5.74) is 7.26. The second-order valence-corrected chi connectivity index (χ2v) is 4.99. The van der Waals surface area contributed by atoms with Crippen LogP contribution in [0.2, 0.25) is 0 Å². The van der Waals surface area contributed by atoms with Gasteiger partial charge in [-0.05, 0) is 23.6 Å². The molecule has 3 heteroatoms. The highest BCUT2D eigenvalue weighted by Gasteiger charge is 2.24. The number of hydrogen-bond donors (Lipinski definition) is 1. The molecule has 0 saturated carbocycles. The van der Waals surface area contributed by atoms with Crippen LogP contribution in [-0.2, 0) is 12.0 Å². The lowest BCUT2D eigenvalue weighted by Crippen LogP contribution is -2.14. The molecule has 2 nitrogen and oxygen atoms in total. The van der Waals surface area contributed by atoms with E-state index in [0.29, 0.717) is 12.1 Å². The Morgan fingerprint density at radius 2 is 2.00 bits per heavy atom. The summed E-state index contributed by atoms with van der Waals surface area (Å²) in [6.45, 7) is 6.55. The third kappa shape index (κ3) is 1.71. The zero-order valence-corrected chi connectivity index (χ0v) is 9.80. The van der Waals surface area contributed by atoms with Gasteiger partial charge in [-0.15, -0.1) is 0 Å². The minimum atomic E-state index is -0.248. The molecule has 0 aliphatic rings. The van der Waals surface area contributed by atoms with E-state index in [2.05, 4.69) is 20.8 Å². The molecule has 16 heavy (non-hydrogen) atoms. The summed E-state index contributed by atoms with van der Waals surface area (Å²) in [6.07, 6.45) is 0. The molecule has 0 spiro atoms. The molecule has 2 N–H and O–H groups in total. The molecule has 2 aromatic rings. The summed E-state index contributed by atoms with van der Waals surface area (Å²) >= 11 is 0. The minimum absolute atomic E-state index is 0.103. The fourth-order valence-electron chi connectivity index (χ4n) is 2.09. The van der Waals surface area contributed by atoms with Crippen molar-refractivity contribution >= 4 is 11.0 Å². The van der Waals surface area contributed by atoms with Crippen LogP contribution in [0.5, 0.6) is 0 Å². The Labute approximate surface area is 94.2 Å². The van der Waals surface area contributed by atoms with Gasteiger partial charge in [-0.3, -0.25) is 0 Å². The molecule has 0 bridgehead atoms. The number of fused-ring (bicyclic) bond motifs is 1. The third-order valence-electron chi connectivity index (χ3n) is 2.66. The van der Waals surface area contributed by atoms with Gasteiger partial charge in [0.1, 0.15) is 17.2 Å².